The molecule has 2 rings (SSSR count). The van der Waals surface area contributed by atoms with Crippen molar-refractivity contribution in [3.63, 3.8) is 0 Å². The quantitative estimate of drug-likeness (QED) is 0.841. The van der Waals surface area contributed by atoms with E-state index in [2.05, 4.69) is 10.3 Å². The van der Waals surface area contributed by atoms with Gasteiger partial charge in [-0.15, -0.1) is 12.4 Å². The highest BCUT2D eigenvalue weighted by Gasteiger charge is 2.07. The third kappa shape index (κ3) is 5.34. The summed E-state index contributed by atoms with van der Waals surface area (Å²) in [5.74, 6) is 1.19. The van der Waals surface area contributed by atoms with Crippen molar-refractivity contribution in [2.75, 3.05) is 20.0 Å². The molecule has 0 spiro atoms. The van der Waals surface area contributed by atoms with Crippen LogP contribution >= 0.6 is 12.4 Å². The lowest BCUT2D eigenvalue weighted by atomic mass is 10.2. The number of benzene rings is 1. The van der Waals surface area contributed by atoms with E-state index in [9.17, 15) is 4.79 Å². The van der Waals surface area contributed by atoms with Gasteiger partial charge in [0.2, 0.25) is 5.91 Å². The Morgan fingerprint density at radius 1 is 1.17 bits per heavy atom. The zero-order valence-corrected chi connectivity index (χ0v) is 13.9. The minimum atomic E-state index is -0.105. The molecule has 0 saturated heterocycles. The Morgan fingerprint density at radius 3 is 2.52 bits per heavy atom. The van der Waals surface area contributed by atoms with Gasteiger partial charge in [0, 0.05) is 12.2 Å². The third-order valence-electron chi connectivity index (χ3n) is 3.13. The number of pyridine rings is 1. The van der Waals surface area contributed by atoms with E-state index in [4.69, 9.17) is 15.2 Å². The molecule has 0 bridgehead atoms. The van der Waals surface area contributed by atoms with Crippen LogP contribution in [0.5, 0.6) is 11.5 Å². The first-order chi connectivity index (χ1) is 10.6. The molecule has 7 heteroatoms. The van der Waals surface area contributed by atoms with Crippen LogP contribution in [0.4, 0.5) is 5.69 Å². The summed E-state index contributed by atoms with van der Waals surface area (Å²) in [6, 6.07) is 8.99. The molecule has 0 radical (unpaired) electrons. The molecule has 0 unspecified atom stereocenters. The fourth-order valence-electron chi connectivity index (χ4n) is 1.96. The summed E-state index contributed by atoms with van der Waals surface area (Å²) in [7, 11) is 3.16. The number of nitrogens with one attached hydrogen (secondary N) is 1. The smallest absolute Gasteiger partial charge is 0.226 e. The molecule has 0 aliphatic heterocycles. The number of carbonyl (C=O) groups is 1. The third-order valence-corrected chi connectivity index (χ3v) is 3.13. The standard InChI is InChI=1S/C16H19N3O3.ClH/c1-21-14-6-3-11(7-15(14)22-2)9-19-16(20)8-13-5-4-12(17)10-18-13;/h3-7,10H,8-9,17H2,1-2H3,(H,19,20);1H. The van der Waals surface area contributed by atoms with E-state index in [1.807, 2.05) is 18.2 Å². The monoisotopic (exact) mass is 337 g/mol. The van der Waals surface area contributed by atoms with E-state index in [1.54, 1.807) is 26.4 Å². The van der Waals surface area contributed by atoms with E-state index in [0.717, 1.165) is 5.56 Å². The molecule has 3 N–H and O–H groups in total. The lowest BCUT2D eigenvalue weighted by Gasteiger charge is -2.10. The van der Waals surface area contributed by atoms with E-state index in [0.29, 0.717) is 29.4 Å². The van der Waals surface area contributed by atoms with E-state index < -0.39 is 0 Å². The fourth-order valence-corrected chi connectivity index (χ4v) is 1.96. The molecular weight excluding hydrogens is 318 g/mol. The molecule has 1 amide bonds. The molecular formula is C16H20ClN3O3. The molecule has 2 aromatic rings. The van der Waals surface area contributed by atoms with Crippen molar-refractivity contribution < 1.29 is 14.3 Å². The Labute approximate surface area is 141 Å². The summed E-state index contributed by atoms with van der Waals surface area (Å²) >= 11 is 0. The summed E-state index contributed by atoms with van der Waals surface area (Å²) in [6.45, 7) is 0.411. The second-order valence-corrected chi connectivity index (χ2v) is 4.73. The first kappa shape index (κ1) is 18.6. The van der Waals surface area contributed by atoms with Gasteiger partial charge in [-0.3, -0.25) is 9.78 Å². The van der Waals surface area contributed by atoms with Crippen LogP contribution in [0.15, 0.2) is 36.5 Å². The number of anilines is 1. The first-order valence-electron chi connectivity index (χ1n) is 6.80. The molecule has 0 aliphatic carbocycles. The largest absolute Gasteiger partial charge is 0.493 e. The predicted octanol–water partition coefficient (Wildman–Crippen LogP) is 1.96. The van der Waals surface area contributed by atoms with Gasteiger partial charge < -0.3 is 20.5 Å². The summed E-state index contributed by atoms with van der Waals surface area (Å²) in [5, 5.41) is 2.84. The van der Waals surface area contributed by atoms with Crippen LogP contribution in [0.2, 0.25) is 0 Å². The number of aromatic nitrogens is 1. The second kappa shape index (κ2) is 8.85. The maximum atomic E-state index is 11.9. The molecule has 0 fully saturated rings. The summed E-state index contributed by atoms with van der Waals surface area (Å²) in [4.78, 5) is 16.0. The lowest BCUT2D eigenvalue weighted by molar-refractivity contribution is -0.120. The fraction of sp³-hybridized carbons (Fsp3) is 0.250. The molecule has 6 nitrogen and oxygen atoms in total. The van der Waals surface area contributed by atoms with E-state index in [-0.39, 0.29) is 24.7 Å². The second-order valence-electron chi connectivity index (χ2n) is 4.73. The minimum absolute atomic E-state index is 0. The van der Waals surface area contributed by atoms with Crippen LogP contribution < -0.4 is 20.5 Å². The van der Waals surface area contributed by atoms with E-state index in [1.165, 1.54) is 6.20 Å². The highest BCUT2D eigenvalue weighted by Crippen LogP contribution is 2.27. The molecule has 0 aliphatic rings. The van der Waals surface area contributed by atoms with Crippen molar-refractivity contribution in [1.29, 1.82) is 0 Å². The highest BCUT2D eigenvalue weighted by molar-refractivity contribution is 5.85. The Kier molecular flexibility index (Phi) is 7.15. The summed E-state index contributed by atoms with van der Waals surface area (Å²) in [6.07, 6.45) is 1.75. The molecule has 124 valence electrons. The van der Waals surface area contributed by atoms with Crippen molar-refractivity contribution in [3.8, 4) is 11.5 Å². The number of hydrogen-bond acceptors (Lipinski definition) is 5. The number of methoxy groups -OCH3 is 2. The normalized spacial score (nSPS) is 9.65. The number of nitrogens with two attached hydrogens (primary N) is 1. The highest BCUT2D eigenvalue weighted by atomic mass is 35.5. The van der Waals surface area contributed by atoms with Crippen molar-refractivity contribution in [3.05, 3.63) is 47.8 Å². The van der Waals surface area contributed by atoms with Crippen molar-refractivity contribution in [1.82, 2.24) is 10.3 Å². The lowest BCUT2D eigenvalue weighted by Crippen LogP contribution is -2.24. The molecule has 1 heterocycles. The first-order valence-corrected chi connectivity index (χ1v) is 6.80. The number of rotatable bonds is 6. The zero-order valence-electron chi connectivity index (χ0n) is 13.0. The summed E-state index contributed by atoms with van der Waals surface area (Å²) < 4.78 is 10.4. The van der Waals surface area contributed by atoms with Gasteiger partial charge in [0.25, 0.3) is 0 Å². The van der Waals surface area contributed by atoms with Crippen LogP contribution in [0.3, 0.4) is 0 Å². The summed E-state index contributed by atoms with van der Waals surface area (Å²) in [5.41, 5.74) is 7.74. The van der Waals surface area contributed by atoms with Crippen LogP contribution in [-0.4, -0.2) is 25.1 Å². The minimum Gasteiger partial charge on any atom is -0.493 e. The molecule has 23 heavy (non-hydrogen) atoms. The van der Waals surface area contributed by atoms with E-state index >= 15 is 0 Å². The number of hydrogen-bond donors (Lipinski definition) is 2. The number of carbonyl (C=O) groups excluding carboxylic acids is 1. The average Bonchev–Trinajstić information content (AvgIpc) is 2.54. The number of nitrogens with zero attached hydrogens (tertiary/aromatic N) is 1. The average molecular weight is 338 g/mol. The van der Waals surface area contributed by atoms with Crippen molar-refractivity contribution in [2.24, 2.45) is 0 Å². The number of amides is 1. The molecule has 0 saturated carbocycles. The number of nitrogen functional groups attached to an aromatic ring is 1. The molecule has 0 atom stereocenters. The van der Waals surface area contributed by atoms with Gasteiger partial charge in [0.15, 0.2) is 11.5 Å². The van der Waals surface area contributed by atoms with Crippen LogP contribution in [0.1, 0.15) is 11.3 Å². The Bertz CT molecular complexity index is 648. The molecule has 1 aromatic carbocycles. The topological polar surface area (TPSA) is 86.5 Å². The van der Waals surface area contributed by atoms with Crippen molar-refractivity contribution >= 4 is 24.0 Å². The maximum absolute atomic E-state index is 11.9. The van der Waals surface area contributed by atoms with Gasteiger partial charge in [0.1, 0.15) is 0 Å². The van der Waals surface area contributed by atoms with Gasteiger partial charge in [-0.25, -0.2) is 0 Å². The zero-order chi connectivity index (χ0) is 15.9. The molecule has 1 aromatic heterocycles. The van der Waals surface area contributed by atoms with Gasteiger partial charge in [0.05, 0.1) is 32.5 Å². The van der Waals surface area contributed by atoms with Crippen LogP contribution in [0, 0.1) is 0 Å². The maximum Gasteiger partial charge on any atom is 0.226 e. The predicted molar refractivity (Wildman–Crippen MR) is 91.0 cm³/mol. The van der Waals surface area contributed by atoms with Gasteiger partial charge in [-0.1, -0.05) is 6.07 Å². The Hall–Kier alpha value is -2.47. The number of ether oxygens (including phenoxy) is 2. The Morgan fingerprint density at radius 2 is 1.91 bits per heavy atom. The van der Waals surface area contributed by atoms with Gasteiger partial charge >= 0.3 is 0 Å². The van der Waals surface area contributed by atoms with Crippen LogP contribution in [0.25, 0.3) is 0 Å². The Balaban J connectivity index is 0.00000264. The van der Waals surface area contributed by atoms with Gasteiger partial charge in [-0.2, -0.15) is 0 Å². The van der Waals surface area contributed by atoms with Crippen LogP contribution in [-0.2, 0) is 17.8 Å². The van der Waals surface area contributed by atoms with Crippen molar-refractivity contribution in [2.45, 2.75) is 13.0 Å². The number of halogens is 1. The SMILES string of the molecule is COc1ccc(CNC(=O)Cc2ccc(N)cn2)cc1OC.Cl. The van der Waals surface area contributed by atoms with Gasteiger partial charge in [-0.05, 0) is 29.8 Å².